The Morgan fingerprint density at radius 1 is 1.29 bits per heavy atom. The van der Waals surface area contributed by atoms with E-state index in [1.807, 2.05) is 6.07 Å². The first kappa shape index (κ1) is 16.0. The van der Waals surface area contributed by atoms with Crippen LogP contribution in [-0.2, 0) is 6.42 Å². The van der Waals surface area contributed by atoms with Gasteiger partial charge in [-0.15, -0.1) is 11.3 Å². The lowest BCUT2D eigenvalue weighted by Gasteiger charge is -2.17. The fraction of sp³-hybridized carbons (Fsp3) is 0.412. The molecule has 0 aliphatic rings. The van der Waals surface area contributed by atoms with Gasteiger partial charge in [-0.2, -0.15) is 0 Å². The Labute approximate surface area is 130 Å². The van der Waals surface area contributed by atoms with E-state index in [2.05, 4.69) is 31.3 Å². The zero-order valence-electron chi connectivity index (χ0n) is 12.8. The number of ether oxygens (including phenoxy) is 1. The molecule has 1 N–H and O–H groups in total. The van der Waals surface area contributed by atoms with Gasteiger partial charge in [0.15, 0.2) is 11.6 Å². The number of hydrogen-bond donors (Lipinski definition) is 1. The van der Waals surface area contributed by atoms with Crippen molar-refractivity contribution in [3.05, 3.63) is 51.5 Å². The summed E-state index contributed by atoms with van der Waals surface area (Å²) in [6.07, 6.45) is 1.86. The quantitative estimate of drug-likeness (QED) is 0.814. The third-order valence-electron chi connectivity index (χ3n) is 3.40. The van der Waals surface area contributed by atoms with Gasteiger partial charge in [-0.05, 0) is 56.1 Å². The van der Waals surface area contributed by atoms with Crippen LogP contribution in [0.2, 0.25) is 0 Å². The highest BCUT2D eigenvalue weighted by Gasteiger charge is 2.14. The topological polar surface area (TPSA) is 21.3 Å². The number of halogens is 1. The molecule has 2 aromatic rings. The second kappa shape index (κ2) is 7.57. The first-order chi connectivity index (χ1) is 10.1. The molecule has 0 saturated heterocycles. The molecular formula is C17H22FNOS. The van der Waals surface area contributed by atoms with E-state index >= 15 is 0 Å². The summed E-state index contributed by atoms with van der Waals surface area (Å²) < 4.78 is 18.8. The van der Waals surface area contributed by atoms with Crippen LogP contribution in [0.3, 0.4) is 0 Å². The maximum absolute atomic E-state index is 13.8. The van der Waals surface area contributed by atoms with Crippen LogP contribution in [0.15, 0.2) is 30.3 Å². The number of nitrogens with one attached hydrogen (secondary N) is 1. The second-order valence-electron chi connectivity index (χ2n) is 5.13. The van der Waals surface area contributed by atoms with Gasteiger partial charge in [0.05, 0.1) is 7.11 Å². The molecule has 0 aliphatic heterocycles. The average Bonchev–Trinajstić information content (AvgIpc) is 2.90. The van der Waals surface area contributed by atoms with Gasteiger partial charge < -0.3 is 10.1 Å². The summed E-state index contributed by atoms with van der Waals surface area (Å²) in [5.41, 5.74) is 0.980. The minimum atomic E-state index is -0.299. The third-order valence-corrected chi connectivity index (χ3v) is 4.52. The lowest BCUT2D eigenvalue weighted by atomic mass is 10.0. The summed E-state index contributed by atoms with van der Waals surface area (Å²) in [6.45, 7) is 5.22. The SMILES string of the molecule is CCCNC(Cc1ccc(OC)c(F)c1)c1ccc(C)s1. The predicted octanol–water partition coefficient (Wildman–Crippen LogP) is 4.49. The van der Waals surface area contributed by atoms with E-state index in [9.17, 15) is 4.39 Å². The van der Waals surface area contributed by atoms with Gasteiger partial charge in [-0.25, -0.2) is 4.39 Å². The standard InChI is InChI=1S/C17H22FNOS/c1-4-9-19-15(17-8-5-12(2)21-17)11-13-6-7-16(20-3)14(18)10-13/h5-8,10,15,19H,4,9,11H2,1-3H3. The van der Waals surface area contributed by atoms with Crippen molar-refractivity contribution < 1.29 is 9.13 Å². The molecule has 1 aromatic heterocycles. The maximum Gasteiger partial charge on any atom is 0.165 e. The van der Waals surface area contributed by atoms with Crippen LogP contribution < -0.4 is 10.1 Å². The molecule has 21 heavy (non-hydrogen) atoms. The highest BCUT2D eigenvalue weighted by atomic mass is 32.1. The average molecular weight is 307 g/mol. The number of benzene rings is 1. The van der Waals surface area contributed by atoms with E-state index in [4.69, 9.17) is 4.74 Å². The lowest BCUT2D eigenvalue weighted by Crippen LogP contribution is -2.23. The fourth-order valence-corrected chi connectivity index (χ4v) is 3.26. The van der Waals surface area contributed by atoms with E-state index in [-0.39, 0.29) is 11.9 Å². The molecule has 2 nitrogen and oxygen atoms in total. The highest BCUT2D eigenvalue weighted by molar-refractivity contribution is 7.12. The number of hydrogen-bond acceptors (Lipinski definition) is 3. The summed E-state index contributed by atoms with van der Waals surface area (Å²) in [5, 5.41) is 3.55. The van der Waals surface area contributed by atoms with Gasteiger partial charge >= 0.3 is 0 Å². The summed E-state index contributed by atoms with van der Waals surface area (Å²) in [7, 11) is 1.48. The minimum absolute atomic E-state index is 0.233. The summed E-state index contributed by atoms with van der Waals surface area (Å²) in [5.74, 6) is -0.00427. The van der Waals surface area contributed by atoms with Gasteiger partial charge in [-0.3, -0.25) is 0 Å². The Morgan fingerprint density at radius 3 is 2.67 bits per heavy atom. The first-order valence-electron chi connectivity index (χ1n) is 7.26. The Kier molecular flexibility index (Phi) is 5.76. The van der Waals surface area contributed by atoms with Crippen molar-refractivity contribution in [2.75, 3.05) is 13.7 Å². The van der Waals surface area contributed by atoms with Crippen LogP contribution in [0, 0.1) is 12.7 Å². The molecule has 0 amide bonds. The predicted molar refractivity (Wildman–Crippen MR) is 86.7 cm³/mol. The Bertz CT molecular complexity index is 582. The van der Waals surface area contributed by atoms with Crippen molar-refractivity contribution in [3.8, 4) is 5.75 Å². The summed E-state index contributed by atoms with van der Waals surface area (Å²) in [6, 6.07) is 9.73. The number of methoxy groups -OCH3 is 1. The maximum atomic E-state index is 13.8. The van der Waals surface area contributed by atoms with Gasteiger partial charge in [0.2, 0.25) is 0 Å². The largest absolute Gasteiger partial charge is 0.494 e. The van der Waals surface area contributed by atoms with Crippen LogP contribution >= 0.6 is 11.3 Å². The van der Waals surface area contributed by atoms with Gasteiger partial charge in [0.25, 0.3) is 0 Å². The molecule has 0 bridgehead atoms. The van der Waals surface area contributed by atoms with Crippen LogP contribution in [-0.4, -0.2) is 13.7 Å². The Balaban J connectivity index is 2.16. The molecule has 1 aromatic carbocycles. The van der Waals surface area contributed by atoms with Crippen molar-refractivity contribution in [2.24, 2.45) is 0 Å². The van der Waals surface area contributed by atoms with Crippen LogP contribution in [0.1, 0.15) is 34.7 Å². The molecule has 0 aliphatic carbocycles. The van der Waals surface area contributed by atoms with E-state index in [1.54, 1.807) is 23.5 Å². The number of rotatable bonds is 7. The van der Waals surface area contributed by atoms with E-state index < -0.39 is 0 Å². The Hall–Kier alpha value is -1.39. The summed E-state index contributed by atoms with van der Waals surface area (Å²) >= 11 is 1.80. The molecule has 1 unspecified atom stereocenters. The zero-order chi connectivity index (χ0) is 15.2. The molecule has 2 rings (SSSR count). The third kappa shape index (κ3) is 4.29. The molecular weight excluding hydrogens is 285 g/mol. The summed E-state index contributed by atoms with van der Waals surface area (Å²) in [4.78, 5) is 2.60. The van der Waals surface area contributed by atoms with E-state index in [0.717, 1.165) is 24.9 Å². The zero-order valence-corrected chi connectivity index (χ0v) is 13.6. The fourth-order valence-electron chi connectivity index (χ4n) is 2.31. The molecule has 1 heterocycles. The molecule has 0 fully saturated rings. The molecule has 0 saturated carbocycles. The van der Waals surface area contributed by atoms with E-state index in [0.29, 0.717) is 5.75 Å². The van der Waals surface area contributed by atoms with Crippen molar-refractivity contribution in [2.45, 2.75) is 32.7 Å². The molecule has 0 spiro atoms. The van der Waals surface area contributed by atoms with Crippen molar-refractivity contribution in [3.63, 3.8) is 0 Å². The number of thiophene rings is 1. The van der Waals surface area contributed by atoms with Crippen molar-refractivity contribution in [1.29, 1.82) is 0 Å². The minimum Gasteiger partial charge on any atom is -0.494 e. The van der Waals surface area contributed by atoms with Crippen LogP contribution in [0.5, 0.6) is 5.75 Å². The van der Waals surface area contributed by atoms with E-state index in [1.165, 1.54) is 16.9 Å². The molecule has 0 radical (unpaired) electrons. The van der Waals surface area contributed by atoms with Gasteiger partial charge in [0, 0.05) is 15.8 Å². The van der Waals surface area contributed by atoms with Gasteiger partial charge in [-0.1, -0.05) is 13.0 Å². The number of aryl methyl sites for hydroxylation is 1. The van der Waals surface area contributed by atoms with Crippen molar-refractivity contribution >= 4 is 11.3 Å². The smallest absolute Gasteiger partial charge is 0.165 e. The van der Waals surface area contributed by atoms with Crippen molar-refractivity contribution in [1.82, 2.24) is 5.32 Å². The molecule has 114 valence electrons. The second-order valence-corrected chi connectivity index (χ2v) is 6.45. The lowest BCUT2D eigenvalue weighted by molar-refractivity contribution is 0.386. The highest BCUT2D eigenvalue weighted by Crippen LogP contribution is 2.27. The first-order valence-corrected chi connectivity index (χ1v) is 8.07. The van der Waals surface area contributed by atoms with Crippen LogP contribution in [0.25, 0.3) is 0 Å². The normalized spacial score (nSPS) is 12.4. The monoisotopic (exact) mass is 307 g/mol. The Morgan fingerprint density at radius 2 is 2.10 bits per heavy atom. The van der Waals surface area contributed by atoms with Crippen LogP contribution in [0.4, 0.5) is 4.39 Å². The molecule has 1 atom stereocenters. The molecule has 4 heteroatoms. The van der Waals surface area contributed by atoms with Gasteiger partial charge in [0.1, 0.15) is 0 Å².